The first-order valence-corrected chi connectivity index (χ1v) is 4.59. The summed E-state index contributed by atoms with van der Waals surface area (Å²) >= 11 is 0. The number of carbonyl (C=O) groups is 1. The third-order valence-electron chi connectivity index (χ3n) is 2.33. The quantitative estimate of drug-likeness (QED) is 0.732. The number of nitrogens with zero attached hydrogens (tertiary/aromatic N) is 2. The average Bonchev–Trinajstić information content (AvgIpc) is 2.67. The van der Waals surface area contributed by atoms with Crippen molar-refractivity contribution in [1.82, 2.24) is 4.98 Å². The number of hydrogen-bond acceptors (Lipinski definition) is 3. The van der Waals surface area contributed by atoms with E-state index in [4.69, 9.17) is 5.73 Å². The second-order valence-electron chi connectivity index (χ2n) is 3.25. The molecule has 1 aliphatic rings. The highest BCUT2D eigenvalue weighted by molar-refractivity contribution is 5.85. The standard InChI is InChI=1S/C10H12N3O/c11-10(14)8-4-3-7-13(8)9-5-1-2-6-12-9/h1-2,4-6,8H,3,7H2,(H2,11,14)/t8-/m0/s1. The Labute approximate surface area is 82.7 Å². The molecule has 4 nitrogen and oxygen atoms in total. The second-order valence-corrected chi connectivity index (χ2v) is 3.25. The monoisotopic (exact) mass is 190 g/mol. The van der Waals surface area contributed by atoms with E-state index in [0.29, 0.717) is 0 Å². The maximum Gasteiger partial charge on any atom is 0.240 e. The smallest absolute Gasteiger partial charge is 0.240 e. The maximum absolute atomic E-state index is 11.1. The molecule has 0 saturated carbocycles. The number of amides is 1. The molecule has 0 spiro atoms. The SMILES string of the molecule is NC(=O)[C@@H]1[CH]CCN1c1ccccn1. The van der Waals surface area contributed by atoms with E-state index in [1.54, 1.807) is 6.20 Å². The van der Waals surface area contributed by atoms with Gasteiger partial charge in [-0.1, -0.05) is 6.07 Å². The first kappa shape index (κ1) is 8.99. The van der Waals surface area contributed by atoms with Gasteiger partial charge in [0.1, 0.15) is 11.9 Å². The number of aromatic nitrogens is 1. The van der Waals surface area contributed by atoms with Crippen LogP contribution in [0.2, 0.25) is 0 Å². The molecule has 1 atom stereocenters. The minimum atomic E-state index is -0.312. The van der Waals surface area contributed by atoms with Crippen molar-refractivity contribution >= 4 is 11.7 Å². The van der Waals surface area contributed by atoms with Crippen molar-refractivity contribution in [3.63, 3.8) is 0 Å². The zero-order valence-electron chi connectivity index (χ0n) is 7.76. The second kappa shape index (κ2) is 3.65. The maximum atomic E-state index is 11.1. The molecule has 0 unspecified atom stereocenters. The van der Waals surface area contributed by atoms with Crippen molar-refractivity contribution in [2.75, 3.05) is 11.4 Å². The largest absolute Gasteiger partial charge is 0.368 e. The highest BCUT2D eigenvalue weighted by atomic mass is 16.1. The van der Waals surface area contributed by atoms with Gasteiger partial charge in [-0.05, 0) is 25.0 Å². The summed E-state index contributed by atoms with van der Waals surface area (Å²) < 4.78 is 0. The Kier molecular flexibility index (Phi) is 2.35. The lowest BCUT2D eigenvalue weighted by atomic mass is 10.2. The minimum Gasteiger partial charge on any atom is -0.368 e. The van der Waals surface area contributed by atoms with Crippen LogP contribution in [-0.2, 0) is 4.79 Å². The molecule has 1 radical (unpaired) electrons. The number of carbonyl (C=O) groups excluding carboxylic acids is 1. The molecule has 1 aromatic rings. The van der Waals surface area contributed by atoms with Crippen LogP contribution < -0.4 is 10.6 Å². The van der Waals surface area contributed by atoms with Crippen LogP contribution in [0.25, 0.3) is 0 Å². The van der Waals surface area contributed by atoms with E-state index in [-0.39, 0.29) is 11.9 Å². The van der Waals surface area contributed by atoms with Gasteiger partial charge in [0.2, 0.25) is 5.91 Å². The molecule has 1 fully saturated rings. The molecular formula is C10H12N3O. The van der Waals surface area contributed by atoms with Crippen LogP contribution in [0.4, 0.5) is 5.82 Å². The zero-order valence-corrected chi connectivity index (χ0v) is 7.76. The van der Waals surface area contributed by atoms with Gasteiger partial charge in [0.05, 0.1) is 0 Å². The van der Waals surface area contributed by atoms with Gasteiger partial charge in [-0.25, -0.2) is 4.98 Å². The number of hydrogen-bond donors (Lipinski definition) is 1. The molecule has 1 aromatic heterocycles. The van der Waals surface area contributed by atoms with Crippen molar-refractivity contribution in [2.24, 2.45) is 5.73 Å². The molecule has 2 heterocycles. The van der Waals surface area contributed by atoms with Crippen molar-refractivity contribution in [2.45, 2.75) is 12.5 Å². The number of rotatable bonds is 2. The van der Waals surface area contributed by atoms with Crippen LogP contribution >= 0.6 is 0 Å². The van der Waals surface area contributed by atoms with E-state index in [9.17, 15) is 4.79 Å². The van der Waals surface area contributed by atoms with Crippen molar-refractivity contribution < 1.29 is 4.79 Å². The summed E-state index contributed by atoms with van der Waals surface area (Å²) in [7, 11) is 0. The normalized spacial score (nSPS) is 21.1. The van der Waals surface area contributed by atoms with Crippen LogP contribution in [0.3, 0.4) is 0 Å². The van der Waals surface area contributed by atoms with Gasteiger partial charge in [-0.3, -0.25) is 4.79 Å². The molecule has 2 rings (SSSR count). The Hall–Kier alpha value is -1.58. The van der Waals surface area contributed by atoms with Crippen LogP contribution in [0.5, 0.6) is 0 Å². The molecule has 1 aliphatic heterocycles. The van der Waals surface area contributed by atoms with E-state index in [0.717, 1.165) is 18.8 Å². The van der Waals surface area contributed by atoms with E-state index >= 15 is 0 Å². The van der Waals surface area contributed by atoms with E-state index in [1.807, 2.05) is 29.5 Å². The molecule has 0 bridgehead atoms. The van der Waals surface area contributed by atoms with Gasteiger partial charge in [0.15, 0.2) is 0 Å². The highest BCUT2D eigenvalue weighted by Gasteiger charge is 2.29. The average molecular weight is 190 g/mol. The van der Waals surface area contributed by atoms with Crippen LogP contribution in [0.15, 0.2) is 24.4 Å². The lowest BCUT2D eigenvalue weighted by Gasteiger charge is -2.22. The molecule has 1 amide bonds. The summed E-state index contributed by atoms with van der Waals surface area (Å²) in [6.07, 6.45) is 4.52. The van der Waals surface area contributed by atoms with E-state index < -0.39 is 0 Å². The predicted molar refractivity (Wildman–Crippen MR) is 53.5 cm³/mol. The minimum absolute atomic E-state index is 0.301. The van der Waals surface area contributed by atoms with Gasteiger partial charge >= 0.3 is 0 Å². The van der Waals surface area contributed by atoms with Crippen LogP contribution in [0, 0.1) is 6.42 Å². The molecule has 73 valence electrons. The van der Waals surface area contributed by atoms with Gasteiger partial charge < -0.3 is 10.6 Å². The van der Waals surface area contributed by atoms with Gasteiger partial charge in [-0.15, -0.1) is 0 Å². The molecule has 0 aliphatic carbocycles. The Morgan fingerprint density at radius 1 is 1.57 bits per heavy atom. The zero-order chi connectivity index (χ0) is 9.97. The molecule has 2 N–H and O–H groups in total. The lowest BCUT2D eigenvalue weighted by Crippen LogP contribution is -2.40. The third kappa shape index (κ3) is 1.55. The topological polar surface area (TPSA) is 59.2 Å². The van der Waals surface area contributed by atoms with E-state index in [2.05, 4.69) is 4.98 Å². The summed E-state index contributed by atoms with van der Waals surface area (Å²) in [6, 6.07) is 5.33. The van der Waals surface area contributed by atoms with Gasteiger partial charge in [0, 0.05) is 12.7 Å². The number of primary amides is 1. The highest BCUT2D eigenvalue weighted by Crippen LogP contribution is 2.21. The summed E-state index contributed by atoms with van der Waals surface area (Å²) in [5.74, 6) is 0.498. The Bertz CT molecular complexity index is 325. The summed E-state index contributed by atoms with van der Waals surface area (Å²) in [6.45, 7) is 0.810. The van der Waals surface area contributed by atoms with Gasteiger partial charge in [0.25, 0.3) is 0 Å². The number of nitrogens with two attached hydrogens (primary N) is 1. The fraction of sp³-hybridized carbons (Fsp3) is 0.300. The Balaban J connectivity index is 2.22. The number of pyridine rings is 1. The summed E-state index contributed by atoms with van der Waals surface area (Å²) in [5, 5.41) is 0. The van der Waals surface area contributed by atoms with Crippen molar-refractivity contribution in [3.8, 4) is 0 Å². The van der Waals surface area contributed by atoms with Crippen LogP contribution in [-0.4, -0.2) is 23.5 Å². The van der Waals surface area contributed by atoms with Gasteiger partial charge in [-0.2, -0.15) is 0 Å². The fourth-order valence-corrected chi connectivity index (χ4v) is 1.69. The Morgan fingerprint density at radius 3 is 3.07 bits per heavy atom. The molecular weight excluding hydrogens is 178 g/mol. The summed E-state index contributed by atoms with van der Waals surface area (Å²) in [4.78, 5) is 17.2. The summed E-state index contributed by atoms with van der Waals surface area (Å²) in [5.41, 5.74) is 5.29. The van der Waals surface area contributed by atoms with E-state index in [1.165, 1.54) is 0 Å². The molecule has 4 heteroatoms. The predicted octanol–water partition coefficient (Wildman–Crippen LogP) is 0.350. The van der Waals surface area contributed by atoms with Crippen molar-refractivity contribution in [3.05, 3.63) is 30.8 Å². The first-order chi connectivity index (χ1) is 6.79. The first-order valence-electron chi connectivity index (χ1n) is 4.59. The number of anilines is 1. The molecule has 1 saturated heterocycles. The lowest BCUT2D eigenvalue weighted by molar-refractivity contribution is -0.118. The Morgan fingerprint density at radius 2 is 2.43 bits per heavy atom. The molecule has 0 aromatic carbocycles. The van der Waals surface area contributed by atoms with Crippen LogP contribution in [0.1, 0.15) is 6.42 Å². The molecule has 14 heavy (non-hydrogen) atoms. The fourth-order valence-electron chi connectivity index (χ4n) is 1.69. The van der Waals surface area contributed by atoms with Crippen molar-refractivity contribution in [1.29, 1.82) is 0 Å². The third-order valence-corrected chi connectivity index (χ3v) is 2.33.